The van der Waals surface area contributed by atoms with Crippen LogP contribution in [0.3, 0.4) is 0 Å². The summed E-state index contributed by atoms with van der Waals surface area (Å²) in [7, 11) is 0. The monoisotopic (exact) mass is 641 g/mol. The number of benzene rings is 3. The largest absolute Gasteiger partial charge is 0.315 e. The van der Waals surface area contributed by atoms with E-state index in [1.165, 1.54) is 79.8 Å². The summed E-state index contributed by atoms with van der Waals surface area (Å²) in [5, 5.41) is 3.71. The normalized spacial score (nSPS) is 22.1. The number of aliphatic imine (C=N–C) groups is 1. The summed E-state index contributed by atoms with van der Waals surface area (Å²) in [4.78, 5) is 13.6. The van der Waals surface area contributed by atoms with E-state index in [0.29, 0.717) is 17.8 Å². The number of thiophene rings is 1. The summed E-state index contributed by atoms with van der Waals surface area (Å²) in [5.74, 6) is 1.66. The van der Waals surface area contributed by atoms with Gasteiger partial charge in [0.05, 0.1) is 5.69 Å². The lowest BCUT2D eigenvalue weighted by atomic mass is 9.77. The van der Waals surface area contributed by atoms with E-state index in [4.69, 9.17) is 9.98 Å². The molecule has 1 aliphatic heterocycles. The molecule has 2 aromatic heterocycles. The number of aromatic nitrogens is 1. The van der Waals surface area contributed by atoms with Gasteiger partial charge in [0.25, 0.3) is 0 Å². The summed E-state index contributed by atoms with van der Waals surface area (Å²) in [6, 6.07) is 30.6. The molecule has 5 aromatic rings. The standard InChI is InChI=1S/C44H39N3S/c1-3-10-36-28-45-41(25-33(36)7-1)30-13-19-38(20-14-30)47(40-23-17-32(18-24-40)44-27-35-9-5-6-12-43(35)48-44)39-21-15-31(16-22-39)42-26-34-8-2-4-11-37(34)29-46-42/h1,3,5-7,9-10,12-15,17,19-23,25-29,31,34,37H,2,4,8,11,16,18,24H2/t31-,34?,37?/m0/s1. The first-order chi connectivity index (χ1) is 23.7. The Morgan fingerprint density at radius 2 is 1.58 bits per heavy atom. The molecule has 0 bridgehead atoms. The number of rotatable bonds is 6. The van der Waals surface area contributed by atoms with Crippen LogP contribution in [0.2, 0.25) is 0 Å². The molecule has 3 atom stereocenters. The zero-order valence-corrected chi connectivity index (χ0v) is 27.9. The van der Waals surface area contributed by atoms with Crippen LogP contribution in [-0.2, 0) is 0 Å². The maximum Gasteiger partial charge on any atom is 0.0708 e. The Morgan fingerprint density at radius 1 is 0.771 bits per heavy atom. The van der Waals surface area contributed by atoms with Gasteiger partial charge in [-0.05, 0) is 96.9 Å². The number of nitrogens with zero attached hydrogens (tertiary/aromatic N) is 3. The second kappa shape index (κ2) is 12.7. The maximum absolute atomic E-state index is 4.98. The molecule has 4 aliphatic rings. The second-order valence-corrected chi connectivity index (χ2v) is 14.7. The lowest BCUT2D eigenvalue weighted by Crippen LogP contribution is -2.25. The molecule has 0 spiro atoms. The fourth-order valence-corrected chi connectivity index (χ4v) is 9.01. The molecule has 3 nitrogen and oxygen atoms in total. The van der Waals surface area contributed by atoms with Crippen LogP contribution in [0.5, 0.6) is 0 Å². The average molecular weight is 642 g/mol. The van der Waals surface area contributed by atoms with Crippen molar-refractivity contribution in [1.82, 2.24) is 4.98 Å². The Morgan fingerprint density at radius 3 is 2.38 bits per heavy atom. The molecule has 48 heavy (non-hydrogen) atoms. The number of hydrogen-bond donors (Lipinski definition) is 0. The van der Waals surface area contributed by atoms with Crippen molar-refractivity contribution in [2.45, 2.75) is 44.9 Å². The van der Waals surface area contributed by atoms with Gasteiger partial charge in [-0.15, -0.1) is 11.3 Å². The molecule has 0 N–H and O–H groups in total. The van der Waals surface area contributed by atoms with Crippen molar-refractivity contribution >= 4 is 49.7 Å². The van der Waals surface area contributed by atoms with Crippen molar-refractivity contribution < 1.29 is 0 Å². The minimum Gasteiger partial charge on any atom is -0.315 e. The van der Waals surface area contributed by atoms with Gasteiger partial charge in [-0.3, -0.25) is 9.98 Å². The summed E-state index contributed by atoms with van der Waals surface area (Å²) in [5.41, 5.74) is 8.56. The number of allylic oxidation sites excluding steroid dienone is 8. The zero-order chi connectivity index (χ0) is 31.9. The SMILES string of the molecule is C1=C[C@H](C2=CC3CCCCC3C=N2)CC=C1N(C1=CC=C(c2cc3ccccc3s2)CC1)c1ccc(-c2cc3ccccc3cn2)cc1. The fraction of sp³-hybridized carbons (Fsp3) is 0.227. The van der Waals surface area contributed by atoms with E-state index in [1.54, 1.807) is 0 Å². The van der Waals surface area contributed by atoms with Crippen molar-refractivity contribution in [2.75, 3.05) is 4.90 Å². The third-order valence-electron chi connectivity index (χ3n) is 10.6. The third kappa shape index (κ3) is 5.69. The van der Waals surface area contributed by atoms with Crippen LogP contribution in [-0.4, -0.2) is 11.2 Å². The Labute approximate surface area is 287 Å². The van der Waals surface area contributed by atoms with E-state index in [-0.39, 0.29) is 0 Å². The van der Waals surface area contributed by atoms with Gasteiger partial charge in [0.15, 0.2) is 0 Å². The van der Waals surface area contributed by atoms with Gasteiger partial charge in [0, 0.05) is 67.6 Å². The minimum absolute atomic E-state index is 0.343. The number of pyridine rings is 1. The molecule has 3 heterocycles. The molecule has 3 aliphatic carbocycles. The first-order valence-corrected chi connectivity index (χ1v) is 18.4. The first kappa shape index (κ1) is 29.3. The predicted octanol–water partition coefficient (Wildman–Crippen LogP) is 11.9. The van der Waals surface area contributed by atoms with Gasteiger partial charge in [0.2, 0.25) is 0 Å². The highest BCUT2D eigenvalue weighted by Crippen LogP contribution is 2.41. The molecule has 1 fully saturated rings. The topological polar surface area (TPSA) is 28.5 Å². The minimum atomic E-state index is 0.343. The Balaban J connectivity index is 1.03. The van der Waals surface area contributed by atoms with E-state index in [0.717, 1.165) is 30.5 Å². The van der Waals surface area contributed by atoms with Gasteiger partial charge in [0.1, 0.15) is 0 Å². The Bertz CT molecular complexity index is 2160. The lowest BCUT2D eigenvalue weighted by molar-refractivity contribution is 0.354. The molecule has 4 heteroatoms. The molecule has 0 saturated heterocycles. The summed E-state index contributed by atoms with van der Waals surface area (Å²) >= 11 is 1.90. The first-order valence-electron chi connectivity index (χ1n) is 17.5. The van der Waals surface area contributed by atoms with Crippen molar-refractivity contribution in [3.63, 3.8) is 0 Å². The summed E-state index contributed by atoms with van der Waals surface area (Å²) < 4.78 is 1.36. The summed E-state index contributed by atoms with van der Waals surface area (Å²) in [6.07, 6.45) is 26.9. The highest BCUT2D eigenvalue weighted by molar-refractivity contribution is 7.20. The van der Waals surface area contributed by atoms with Gasteiger partial charge in [-0.2, -0.15) is 0 Å². The van der Waals surface area contributed by atoms with Crippen LogP contribution in [0.15, 0.2) is 150 Å². The molecule has 0 amide bonds. The van der Waals surface area contributed by atoms with Gasteiger partial charge in [-0.1, -0.05) is 91.7 Å². The zero-order valence-electron chi connectivity index (χ0n) is 27.1. The molecule has 236 valence electrons. The van der Waals surface area contributed by atoms with Crippen LogP contribution in [0, 0.1) is 17.8 Å². The van der Waals surface area contributed by atoms with E-state index >= 15 is 0 Å². The van der Waals surface area contributed by atoms with Crippen molar-refractivity contribution in [2.24, 2.45) is 22.7 Å². The summed E-state index contributed by atoms with van der Waals surface area (Å²) in [6.45, 7) is 0. The Hall–Kier alpha value is -4.80. The van der Waals surface area contributed by atoms with E-state index in [9.17, 15) is 0 Å². The lowest BCUT2D eigenvalue weighted by Gasteiger charge is -2.33. The third-order valence-corrected chi connectivity index (χ3v) is 11.8. The van der Waals surface area contributed by atoms with Crippen LogP contribution in [0.1, 0.15) is 49.8 Å². The highest BCUT2D eigenvalue weighted by atomic mass is 32.1. The van der Waals surface area contributed by atoms with E-state index in [2.05, 4.69) is 132 Å². The molecule has 9 rings (SSSR count). The van der Waals surface area contributed by atoms with Crippen LogP contribution >= 0.6 is 11.3 Å². The van der Waals surface area contributed by atoms with Gasteiger partial charge in [-0.25, -0.2) is 0 Å². The Kier molecular flexibility index (Phi) is 7.74. The van der Waals surface area contributed by atoms with Crippen molar-refractivity contribution in [1.29, 1.82) is 0 Å². The van der Waals surface area contributed by atoms with Crippen molar-refractivity contribution in [3.8, 4) is 11.3 Å². The highest BCUT2D eigenvalue weighted by Gasteiger charge is 2.28. The van der Waals surface area contributed by atoms with Crippen LogP contribution in [0.25, 0.3) is 37.7 Å². The smallest absolute Gasteiger partial charge is 0.0708 e. The van der Waals surface area contributed by atoms with Crippen LogP contribution in [0.4, 0.5) is 5.69 Å². The van der Waals surface area contributed by atoms with Crippen molar-refractivity contribution in [3.05, 3.63) is 150 Å². The number of hydrogen-bond acceptors (Lipinski definition) is 4. The predicted molar refractivity (Wildman–Crippen MR) is 204 cm³/mol. The maximum atomic E-state index is 4.98. The van der Waals surface area contributed by atoms with E-state index in [1.807, 2.05) is 17.5 Å². The fourth-order valence-electron chi connectivity index (χ4n) is 7.90. The molecule has 1 saturated carbocycles. The quantitative estimate of drug-likeness (QED) is 0.185. The van der Waals surface area contributed by atoms with Crippen LogP contribution < -0.4 is 4.90 Å². The van der Waals surface area contributed by atoms with Gasteiger partial charge >= 0.3 is 0 Å². The number of anilines is 1. The molecular weight excluding hydrogens is 603 g/mol. The van der Waals surface area contributed by atoms with Gasteiger partial charge < -0.3 is 4.90 Å². The molecule has 3 aromatic carbocycles. The second-order valence-electron chi connectivity index (χ2n) is 13.6. The molecular formula is C44H39N3S. The molecule has 0 radical (unpaired) electrons. The molecule has 2 unspecified atom stereocenters. The number of fused-ring (bicyclic) bond motifs is 3. The average Bonchev–Trinajstić information content (AvgIpc) is 3.60. The van der Waals surface area contributed by atoms with E-state index < -0.39 is 0 Å².